The minimum atomic E-state index is -0.607. The summed E-state index contributed by atoms with van der Waals surface area (Å²) in [6.45, 7) is 3.98. The average Bonchev–Trinajstić information content (AvgIpc) is 2.85. The Morgan fingerprint density at radius 3 is 2.29 bits per heavy atom. The third-order valence-corrected chi connectivity index (χ3v) is 7.86. The lowest BCUT2D eigenvalue weighted by Crippen LogP contribution is -2.30. The molecule has 0 bridgehead atoms. The van der Waals surface area contributed by atoms with Gasteiger partial charge in [0.25, 0.3) is 0 Å². The molecule has 0 spiro atoms. The first-order valence-corrected chi connectivity index (χ1v) is 13.0. The smallest absolute Gasteiger partial charge is 0.139 e. The molecule has 2 fully saturated rings. The molecule has 4 rings (SSSR count). The monoisotopic (exact) mass is 476 g/mol. The molecule has 0 radical (unpaired) electrons. The molecule has 4 atom stereocenters. The molecule has 2 aromatic rings. The number of hydrogen-bond donors (Lipinski definition) is 0. The molecule has 35 heavy (non-hydrogen) atoms. The van der Waals surface area contributed by atoms with Gasteiger partial charge in [-0.1, -0.05) is 42.2 Å². The van der Waals surface area contributed by atoms with Gasteiger partial charge in [0.2, 0.25) is 0 Å². The van der Waals surface area contributed by atoms with Crippen molar-refractivity contribution >= 4 is 0 Å². The molecule has 4 unspecified atom stereocenters. The summed E-state index contributed by atoms with van der Waals surface area (Å²) in [5.41, 5.74) is 1.58. The molecule has 184 valence electrons. The van der Waals surface area contributed by atoms with Crippen molar-refractivity contribution in [2.75, 3.05) is 0 Å². The van der Waals surface area contributed by atoms with Crippen LogP contribution in [0.15, 0.2) is 54.6 Å². The van der Waals surface area contributed by atoms with Gasteiger partial charge in [-0.05, 0) is 119 Å². The van der Waals surface area contributed by atoms with Crippen LogP contribution in [0.5, 0.6) is 0 Å². The fourth-order valence-corrected chi connectivity index (χ4v) is 6.01. The molecule has 2 aliphatic rings. The number of allylic oxidation sites excluding steroid dienone is 4. The summed E-state index contributed by atoms with van der Waals surface area (Å²) in [4.78, 5) is 0. The molecular weight excluding hydrogens is 441 g/mol. The molecule has 2 saturated carbocycles. The van der Waals surface area contributed by atoms with Crippen LogP contribution in [0.25, 0.3) is 0 Å². The molecule has 2 aliphatic carbocycles. The summed E-state index contributed by atoms with van der Waals surface area (Å²) in [7, 11) is 0. The molecule has 0 N–H and O–H groups in total. The molecule has 0 aromatic heterocycles. The number of hydrogen-bond acceptors (Lipinski definition) is 0. The van der Waals surface area contributed by atoms with E-state index in [0.29, 0.717) is 18.8 Å². The maximum absolute atomic E-state index is 14.9. The summed E-state index contributed by atoms with van der Waals surface area (Å²) < 4.78 is 43.6. The summed E-state index contributed by atoms with van der Waals surface area (Å²) in [5, 5.41) is 0. The first kappa shape index (κ1) is 25.4. The van der Waals surface area contributed by atoms with Crippen LogP contribution in [-0.2, 0) is 6.42 Å². The Hall–Kier alpha value is -2.73. The van der Waals surface area contributed by atoms with Crippen molar-refractivity contribution in [2.45, 2.75) is 71.1 Å². The quantitative estimate of drug-likeness (QED) is 0.299. The zero-order chi connectivity index (χ0) is 24.8. The topological polar surface area (TPSA) is 0 Å². The predicted octanol–water partition coefficient (Wildman–Crippen LogP) is 8.89. The molecule has 3 heteroatoms. The van der Waals surface area contributed by atoms with Crippen molar-refractivity contribution in [1.82, 2.24) is 0 Å². The minimum absolute atomic E-state index is 0.0641. The normalized spacial score (nSPS) is 24.4. The Kier molecular flexibility index (Phi) is 8.55. The van der Waals surface area contributed by atoms with Crippen LogP contribution >= 0.6 is 0 Å². The van der Waals surface area contributed by atoms with Crippen molar-refractivity contribution in [2.24, 2.45) is 17.8 Å². The van der Waals surface area contributed by atoms with E-state index in [4.69, 9.17) is 0 Å². The zero-order valence-corrected chi connectivity index (χ0v) is 20.8. The highest BCUT2D eigenvalue weighted by atomic mass is 19.1. The standard InChI is InChI=1S/C32H35F3/c1-3-5-6-8-29-31(34)18-23(19-32(29)35)10-11-24-13-14-28(21-30(24)33)27-16-15-25-17-22(7-4-2)9-12-26(25)20-27/h3-5,7,13-14,18-19,21-22,25-27H,6,8-9,12,15-17,20H2,1-2H3/b5-3+,7-4+. The van der Waals surface area contributed by atoms with Gasteiger partial charge in [-0.25, -0.2) is 13.2 Å². The fourth-order valence-electron chi connectivity index (χ4n) is 6.01. The van der Waals surface area contributed by atoms with Gasteiger partial charge >= 0.3 is 0 Å². The lowest BCUT2D eigenvalue weighted by molar-refractivity contribution is 0.133. The summed E-state index contributed by atoms with van der Waals surface area (Å²) >= 11 is 0. The van der Waals surface area contributed by atoms with Gasteiger partial charge < -0.3 is 0 Å². The van der Waals surface area contributed by atoms with Crippen molar-refractivity contribution in [3.05, 3.63) is 94.3 Å². The van der Waals surface area contributed by atoms with Crippen molar-refractivity contribution in [1.29, 1.82) is 0 Å². The van der Waals surface area contributed by atoms with Gasteiger partial charge in [0, 0.05) is 11.1 Å². The van der Waals surface area contributed by atoms with E-state index in [1.807, 2.05) is 25.1 Å². The second-order valence-corrected chi connectivity index (χ2v) is 10.1. The van der Waals surface area contributed by atoms with Crippen LogP contribution in [0.2, 0.25) is 0 Å². The molecule has 0 heterocycles. The van der Waals surface area contributed by atoms with Gasteiger partial charge in [0.05, 0.1) is 5.56 Å². The van der Waals surface area contributed by atoms with Gasteiger partial charge in [-0.2, -0.15) is 0 Å². The van der Waals surface area contributed by atoms with Crippen molar-refractivity contribution in [3.8, 4) is 11.8 Å². The highest BCUT2D eigenvalue weighted by Gasteiger charge is 2.35. The highest BCUT2D eigenvalue weighted by Crippen LogP contribution is 2.47. The number of fused-ring (bicyclic) bond motifs is 1. The van der Waals surface area contributed by atoms with Crippen LogP contribution in [0, 0.1) is 47.0 Å². The molecular formula is C32H35F3. The Balaban J connectivity index is 1.43. The van der Waals surface area contributed by atoms with Gasteiger partial charge in [-0.15, -0.1) is 0 Å². The number of benzene rings is 2. The fraction of sp³-hybridized carbons (Fsp3) is 0.438. The Morgan fingerprint density at radius 1 is 0.829 bits per heavy atom. The largest absolute Gasteiger partial charge is 0.207 e. The molecule has 0 nitrogen and oxygen atoms in total. The second-order valence-electron chi connectivity index (χ2n) is 10.1. The van der Waals surface area contributed by atoms with E-state index in [9.17, 15) is 13.2 Å². The van der Waals surface area contributed by atoms with Crippen LogP contribution < -0.4 is 0 Å². The molecule has 0 saturated heterocycles. The summed E-state index contributed by atoms with van der Waals surface area (Å²) in [5.74, 6) is 6.59. The Morgan fingerprint density at radius 2 is 1.57 bits per heavy atom. The van der Waals surface area contributed by atoms with Gasteiger partial charge in [0.1, 0.15) is 17.5 Å². The maximum Gasteiger partial charge on any atom is 0.139 e. The van der Waals surface area contributed by atoms with Crippen molar-refractivity contribution < 1.29 is 13.2 Å². The van der Waals surface area contributed by atoms with E-state index in [1.165, 1.54) is 37.8 Å². The lowest BCUT2D eigenvalue weighted by Gasteiger charge is -2.41. The first-order chi connectivity index (χ1) is 17.0. The third kappa shape index (κ3) is 6.29. The van der Waals surface area contributed by atoms with E-state index < -0.39 is 11.6 Å². The molecule has 0 aliphatic heterocycles. The van der Waals surface area contributed by atoms with Crippen LogP contribution in [0.1, 0.15) is 87.0 Å². The maximum atomic E-state index is 14.9. The third-order valence-electron chi connectivity index (χ3n) is 7.86. The predicted molar refractivity (Wildman–Crippen MR) is 138 cm³/mol. The molecule has 0 amide bonds. The minimum Gasteiger partial charge on any atom is -0.207 e. The summed E-state index contributed by atoms with van der Waals surface area (Å²) in [6, 6.07) is 7.78. The van der Waals surface area contributed by atoms with Gasteiger partial charge in [-0.3, -0.25) is 0 Å². The SMILES string of the molecule is C/C=C/CCc1c(F)cc(C#Cc2ccc(C3CCC4CC(/C=C/C)CCC4C3)cc2F)cc1F. The van der Waals surface area contributed by atoms with Crippen LogP contribution in [0.4, 0.5) is 13.2 Å². The Bertz CT molecular complexity index is 1120. The first-order valence-electron chi connectivity index (χ1n) is 13.0. The van der Waals surface area contributed by atoms with E-state index >= 15 is 0 Å². The average molecular weight is 477 g/mol. The van der Waals surface area contributed by atoms with Crippen molar-refractivity contribution in [3.63, 3.8) is 0 Å². The Labute approximate surface area is 208 Å². The van der Waals surface area contributed by atoms with Crippen LogP contribution in [0.3, 0.4) is 0 Å². The van der Waals surface area contributed by atoms with Gasteiger partial charge in [0.15, 0.2) is 0 Å². The van der Waals surface area contributed by atoms with E-state index in [2.05, 4.69) is 30.9 Å². The van der Waals surface area contributed by atoms with E-state index in [1.54, 1.807) is 12.1 Å². The van der Waals surface area contributed by atoms with E-state index in [-0.39, 0.29) is 22.5 Å². The zero-order valence-electron chi connectivity index (χ0n) is 20.8. The number of rotatable bonds is 5. The summed E-state index contributed by atoms with van der Waals surface area (Å²) in [6.07, 6.45) is 16.4. The lowest BCUT2D eigenvalue weighted by atomic mass is 9.64. The second kappa shape index (κ2) is 11.8. The number of halogens is 3. The van der Waals surface area contributed by atoms with Crippen LogP contribution in [-0.4, -0.2) is 0 Å². The van der Waals surface area contributed by atoms with E-state index in [0.717, 1.165) is 36.2 Å². The highest BCUT2D eigenvalue weighted by molar-refractivity contribution is 5.46. The molecule has 2 aromatic carbocycles.